The number of aliphatic hydroxyl groups is 1. The van der Waals surface area contributed by atoms with E-state index in [0.29, 0.717) is 27.2 Å². The summed E-state index contributed by atoms with van der Waals surface area (Å²) in [7, 11) is 1.74. The van der Waals surface area contributed by atoms with Crippen molar-refractivity contribution in [2.75, 3.05) is 0 Å². The highest BCUT2D eigenvalue weighted by molar-refractivity contribution is 6.42. The third-order valence-electron chi connectivity index (χ3n) is 2.94. The number of nitrogens with zero attached hydrogens (tertiary/aromatic N) is 2. The number of hydrogen-bond acceptors (Lipinski definition) is 2. The molecule has 0 aliphatic heterocycles. The summed E-state index contributed by atoms with van der Waals surface area (Å²) >= 11 is 17.9. The van der Waals surface area contributed by atoms with Gasteiger partial charge in [0.1, 0.15) is 5.15 Å². The van der Waals surface area contributed by atoms with E-state index < -0.39 is 6.10 Å². The number of aromatic nitrogens is 2. The second-order valence-electron chi connectivity index (χ2n) is 4.38. The fraction of sp³-hybridized carbons (Fsp3) is 0.308. The molecule has 3 nitrogen and oxygen atoms in total. The first-order valence-corrected chi connectivity index (χ1v) is 6.84. The van der Waals surface area contributed by atoms with E-state index in [1.807, 2.05) is 13.0 Å². The van der Waals surface area contributed by atoms with Gasteiger partial charge in [-0.2, -0.15) is 5.10 Å². The molecule has 2 aromatic rings. The minimum Gasteiger partial charge on any atom is -0.388 e. The van der Waals surface area contributed by atoms with Gasteiger partial charge in [-0.15, -0.1) is 0 Å². The van der Waals surface area contributed by atoms with Gasteiger partial charge in [0.2, 0.25) is 0 Å². The molecule has 0 aliphatic carbocycles. The zero-order chi connectivity index (χ0) is 14.2. The normalized spacial score (nSPS) is 12.7. The Kier molecular flexibility index (Phi) is 4.41. The number of halogens is 3. The fourth-order valence-corrected chi connectivity index (χ4v) is 2.64. The van der Waals surface area contributed by atoms with Crippen molar-refractivity contribution in [2.45, 2.75) is 19.4 Å². The minimum atomic E-state index is -0.724. The Morgan fingerprint density at radius 3 is 2.47 bits per heavy atom. The summed E-state index contributed by atoms with van der Waals surface area (Å²) in [6.45, 7) is 1.82. The van der Waals surface area contributed by atoms with Crippen molar-refractivity contribution in [1.82, 2.24) is 9.78 Å². The molecular weight excluding hydrogens is 307 g/mol. The lowest BCUT2D eigenvalue weighted by Gasteiger charge is -2.11. The van der Waals surface area contributed by atoms with Crippen molar-refractivity contribution >= 4 is 34.8 Å². The summed E-state index contributed by atoms with van der Waals surface area (Å²) in [5.74, 6) is 0. The molecule has 0 aliphatic rings. The van der Waals surface area contributed by atoms with E-state index in [9.17, 15) is 5.11 Å². The molecule has 0 amide bonds. The van der Waals surface area contributed by atoms with E-state index in [4.69, 9.17) is 34.8 Å². The molecule has 0 radical (unpaired) electrons. The highest BCUT2D eigenvalue weighted by atomic mass is 35.5. The Labute approximate surface area is 126 Å². The van der Waals surface area contributed by atoms with E-state index in [1.165, 1.54) is 0 Å². The van der Waals surface area contributed by atoms with Crippen LogP contribution in [0.5, 0.6) is 0 Å². The molecule has 1 atom stereocenters. The zero-order valence-electron chi connectivity index (χ0n) is 10.5. The van der Waals surface area contributed by atoms with E-state index in [0.717, 1.165) is 11.3 Å². The van der Waals surface area contributed by atoms with Crippen LogP contribution in [0.1, 0.15) is 22.9 Å². The quantitative estimate of drug-likeness (QED) is 0.929. The smallest absolute Gasteiger partial charge is 0.132 e. The molecule has 1 heterocycles. The summed E-state index contributed by atoms with van der Waals surface area (Å²) in [6.07, 6.45) is -0.318. The number of benzene rings is 1. The van der Waals surface area contributed by atoms with Gasteiger partial charge in [0.05, 0.1) is 21.8 Å². The van der Waals surface area contributed by atoms with Crippen LogP contribution in [0.15, 0.2) is 18.2 Å². The number of aliphatic hydroxyl groups excluding tert-OH is 1. The Morgan fingerprint density at radius 1 is 1.26 bits per heavy atom. The van der Waals surface area contributed by atoms with Crippen LogP contribution in [-0.4, -0.2) is 14.9 Å². The molecule has 19 heavy (non-hydrogen) atoms. The van der Waals surface area contributed by atoms with Crippen molar-refractivity contribution < 1.29 is 5.11 Å². The predicted molar refractivity (Wildman–Crippen MR) is 78.1 cm³/mol. The van der Waals surface area contributed by atoms with Crippen molar-refractivity contribution in [3.05, 3.63) is 50.2 Å². The van der Waals surface area contributed by atoms with Crippen molar-refractivity contribution in [1.29, 1.82) is 0 Å². The zero-order valence-corrected chi connectivity index (χ0v) is 12.8. The van der Waals surface area contributed by atoms with Gasteiger partial charge in [-0.3, -0.25) is 4.68 Å². The van der Waals surface area contributed by atoms with E-state index in [2.05, 4.69) is 5.10 Å². The standard InChI is InChI=1S/C13H13Cl3N2O/c1-7-12(13(16)18(2)17-7)11(19)6-8-3-4-9(14)10(15)5-8/h3-5,11,19H,6H2,1-2H3. The van der Waals surface area contributed by atoms with E-state index in [-0.39, 0.29) is 0 Å². The molecule has 0 spiro atoms. The highest BCUT2D eigenvalue weighted by Crippen LogP contribution is 2.30. The molecule has 0 saturated carbocycles. The SMILES string of the molecule is Cc1nn(C)c(Cl)c1C(O)Cc1ccc(Cl)c(Cl)c1. The summed E-state index contributed by atoms with van der Waals surface area (Å²) in [4.78, 5) is 0. The van der Waals surface area contributed by atoms with Crippen LogP contribution in [-0.2, 0) is 13.5 Å². The lowest BCUT2D eigenvalue weighted by atomic mass is 10.0. The Morgan fingerprint density at radius 2 is 1.95 bits per heavy atom. The molecule has 0 bridgehead atoms. The van der Waals surface area contributed by atoms with Crippen LogP contribution in [0.2, 0.25) is 15.2 Å². The summed E-state index contributed by atoms with van der Waals surface area (Å²) in [6, 6.07) is 5.29. The largest absolute Gasteiger partial charge is 0.388 e. The third-order valence-corrected chi connectivity index (χ3v) is 4.13. The average molecular weight is 320 g/mol. The van der Waals surface area contributed by atoms with Gasteiger partial charge in [-0.1, -0.05) is 40.9 Å². The first kappa shape index (κ1) is 14.7. The van der Waals surface area contributed by atoms with Gasteiger partial charge in [-0.25, -0.2) is 0 Å². The first-order chi connectivity index (χ1) is 8.90. The Balaban J connectivity index is 2.25. The third kappa shape index (κ3) is 3.06. The molecule has 2 rings (SSSR count). The van der Waals surface area contributed by atoms with Gasteiger partial charge >= 0.3 is 0 Å². The van der Waals surface area contributed by atoms with Gasteiger partial charge in [-0.05, 0) is 24.6 Å². The molecular formula is C13H13Cl3N2O. The molecule has 1 aromatic heterocycles. The summed E-state index contributed by atoms with van der Waals surface area (Å²) < 4.78 is 1.55. The average Bonchev–Trinajstić information content (AvgIpc) is 2.58. The monoisotopic (exact) mass is 318 g/mol. The highest BCUT2D eigenvalue weighted by Gasteiger charge is 2.19. The van der Waals surface area contributed by atoms with Crippen LogP contribution >= 0.6 is 34.8 Å². The van der Waals surface area contributed by atoms with Gasteiger partial charge in [0.25, 0.3) is 0 Å². The second kappa shape index (κ2) is 5.71. The molecule has 1 aromatic carbocycles. The van der Waals surface area contributed by atoms with Crippen molar-refractivity contribution in [2.24, 2.45) is 7.05 Å². The number of aryl methyl sites for hydroxylation is 2. The lowest BCUT2D eigenvalue weighted by molar-refractivity contribution is 0.178. The minimum absolute atomic E-state index is 0.406. The van der Waals surface area contributed by atoms with Crippen LogP contribution < -0.4 is 0 Å². The Hall–Kier alpha value is -0.740. The maximum Gasteiger partial charge on any atom is 0.132 e. The van der Waals surface area contributed by atoms with Gasteiger partial charge < -0.3 is 5.11 Å². The van der Waals surface area contributed by atoms with E-state index in [1.54, 1.807) is 23.9 Å². The first-order valence-electron chi connectivity index (χ1n) is 5.71. The summed E-state index contributed by atoms with van der Waals surface area (Å²) in [5, 5.41) is 15.9. The summed E-state index contributed by atoms with van der Waals surface area (Å²) in [5.41, 5.74) is 2.26. The van der Waals surface area contributed by atoms with Crippen molar-refractivity contribution in [3.63, 3.8) is 0 Å². The van der Waals surface area contributed by atoms with Crippen LogP contribution in [0.4, 0.5) is 0 Å². The van der Waals surface area contributed by atoms with Crippen LogP contribution in [0.25, 0.3) is 0 Å². The molecule has 6 heteroatoms. The molecule has 1 N–H and O–H groups in total. The number of hydrogen-bond donors (Lipinski definition) is 1. The molecule has 0 fully saturated rings. The fourth-order valence-electron chi connectivity index (χ4n) is 2.02. The second-order valence-corrected chi connectivity index (χ2v) is 5.55. The molecule has 0 saturated heterocycles. The lowest BCUT2D eigenvalue weighted by Crippen LogP contribution is -2.03. The predicted octanol–water partition coefficient (Wildman–Crippen LogP) is 3.96. The van der Waals surface area contributed by atoms with Gasteiger partial charge in [0.15, 0.2) is 0 Å². The van der Waals surface area contributed by atoms with Crippen molar-refractivity contribution in [3.8, 4) is 0 Å². The van der Waals surface area contributed by atoms with Crippen LogP contribution in [0.3, 0.4) is 0 Å². The topological polar surface area (TPSA) is 38.0 Å². The maximum absolute atomic E-state index is 10.3. The van der Waals surface area contributed by atoms with Gasteiger partial charge in [0, 0.05) is 19.0 Å². The number of rotatable bonds is 3. The Bertz CT molecular complexity index is 610. The molecule has 102 valence electrons. The van der Waals surface area contributed by atoms with Crippen LogP contribution in [0, 0.1) is 6.92 Å². The molecule has 1 unspecified atom stereocenters. The van der Waals surface area contributed by atoms with E-state index >= 15 is 0 Å². The maximum atomic E-state index is 10.3.